The van der Waals surface area contributed by atoms with E-state index in [0.717, 1.165) is 17.2 Å². The number of methoxy groups -OCH3 is 1. The Balaban J connectivity index is 2.19. The topological polar surface area (TPSA) is 38.3 Å². The lowest BCUT2D eigenvalue weighted by atomic mass is 10.1. The van der Waals surface area contributed by atoms with Gasteiger partial charge < -0.3 is 10.1 Å². The van der Waals surface area contributed by atoms with Gasteiger partial charge in [-0.25, -0.2) is 9.18 Å². The minimum absolute atomic E-state index is 0.163. The molecule has 0 aromatic heterocycles. The van der Waals surface area contributed by atoms with E-state index in [1.165, 1.54) is 19.2 Å². The summed E-state index contributed by atoms with van der Waals surface area (Å²) in [6.45, 7) is 2.39. The van der Waals surface area contributed by atoms with Gasteiger partial charge >= 0.3 is 5.97 Å². The maximum absolute atomic E-state index is 13.3. The van der Waals surface area contributed by atoms with E-state index in [9.17, 15) is 9.18 Å². The molecule has 0 atom stereocenters. The summed E-state index contributed by atoms with van der Waals surface area (Å²) in [5.41, 5.74) is 2.64. The third-order valence-corrected chi connectivity index (χ3v) is 3.51. The van der Waals surface area contributed by atoms with Crippen molar-refractivity contribution in [3.05, 3.63) is 63.9 Å². The number of carbonyl (C=O) groups excluding carboxylic acids is 1. The van der Waals surface area contributed by atoms with Crippen LogP contribution in [0.3, 0.4) is 0 Å². The van der Waals surface area contributed by atoms with Gasteiger partial charge in [-0.3, -0.25) is 0 Å². The summed E-state index contributed by atoms with van der Waals surface area (Å²) in [4.78, 5) is 11.6. The van der Waals surface area contributed by atoms with Gasteiger partial charge in [0.25, 0.3) is 0 Å². The van der Waals surface area contributed by atoms with Crippen LogP contribution in [0.25, 0.3) is 0 Å². The summed E-state index contributed by atoms with van der Waals surface area (Å²) >= 11 is 6.07. The Morgan fingerprint density at radius 1 is 1.29 bits per heavy atom. The molecule has 0 amide bonds. The van der Waals surface area contributed by atoms with Crippen molar-refractivity contribution in [2.24, 2.45) is 0 Å². The molecule has 0 spiro atoms. The van der Waals surface area contributed by atoms with Crippen LogP contribution in [0.15, 0.2) is 36.4 Å². The van der Waals surface area contributed by atoms with Crippen LogP contribution in [0.5, 0.6) is 0 Å². The number of esters is 1. The number of anilines is 1. The second kappa shape index (κ2) is 6.59. The first-order valence-corrected chi connectivity index (χ1v) is 6.76. The molecule has 0 bridgehead atoms. The summed E-state index contributed by atoms with van der Waals surface area (Å²) in [5.74, 6) is -1.07. The number of carbonyl (C=O) groups is 1. The smallest absolute Gasteiger partial charge is 0.340 e. The van der Waals surface area contributed by atoms with Crippen molar-refractivity contribution < 1.29 is 13.9 Å². The van der Waals surface area contributed by atoms with Gasteiger partial charge in [-0.2, -0.15) is 0 Å². The van der Waals surface area contributed by atoms with Gasteiger partial charge in [0.2, 0.25) is 0 Å². The van der Waals surface area contributed by atoms with Crippen LogP contribution in [-0.2, 0) is 11.3 Å². The Bertz CT molecular complexity index is 673. The first-order valence-electron chi connectivity index (χ1n) is 6.38. The lowest BCUT2D eigenvalue weighted by Gasteiger charge is -2.11. The Kier molecular flexibility index (Phi) is 4.81. The van der Waals surface area contributed by atoms with E-state index in [1.807, 2.05) is 25.1 Å². The third-order valence-electron chi connectivity index (χ3n) is 3.11. The molecule has 1 N–H and O–H groups in total. The average molecular weight is 308 g/mol. The Morgan fingerprint density at radius 3 is 2.71 bits per heavy atom. The summed E-state index contributed by atoms with van der Waals surface area (Å²) in [5, 5.41) is 3.77. The number of benzene rings is 2. The van der Waals surface area contributed by atoms with Gasteiger partial charge in [0.15, 0.2) is 0 Å². The molecule has 0 unspecified atom stereocenters. The minimum Gasteiger partial charge on any atom is -0.465 e. The van der Waals surface area contributed by atoms with Gasteiger partial charge in [0.05, 0.1) is 12.7 Å². The SMILES string of the molecule is COC(=O)c1cc(F)ccc1NCc1ccc(C)c(Cl)c1. The van der Waals surface area contributed by atoms with Crippen LogP contribution in [0.2, 0.25) is 5.02 Å². The fraction of sp³-hybridized carbons (Fsp3) is 0.188. The molecule has 0 fully saturated rings. The second-order valence-electron chi connectivity index (χ2n) is 4.62. The predicted octanol–water partition coefficient (Wildman–Crippen LogP) is 4.19. The van der Waals surface area contributed by atoms with Crippen LogP contribution >= 0.6 is 11.6 Å². The number of nitrogens with one attached hydrogen (secondary N) is 1. The first-order chi connectivity index (χ1) is 10.0. The van der Waals surface area contributed by atoms with Gasteiger partial charge in [0.1, 0.15) is 5.82 Å². The number of aryl methyl sites for hydroxylation is 1. The fourth-order valence-electron chi connectivity index (χ4n) is 1.89. The van der Waals surface area contributed by atoms with E-state index in [1.54, 1.807) is 0 Å². The van der Waals surface area contributed by atoms with Crippen molar-refractivity contribution in [3.63, 3.8) is 0 Å². The van der Waals surface area contributed by atoms with Crippen molar-refractivity contribution >= 4 is 23.3 Å². The summed E-state index contributed by atoms with van der Waals surface area (Å²) in [6, 6.07) is 9.66. The van der Waals surface area contributed by atoms with Crippen molar-refractivity contribution in [2.75, 3.05) is 12.4 Å². The highest BCUT2D eigenvalue weighted by atomic mass is 35.5. The summed E-state index contributed by atoms with van der Waals surface area (Å²) < 4.78 is 17.9. The molecule has 21 heavy (non-hydrogen) atoms. The number of hydrogen-bond acceptors (Lipinski definition) is 3. The fourth-order valence-corrected chi connectivity index (χ4v) is 2.10. The molecule has 0 saturated carbocycles. The van der Waals surface area contributed by atoms with Crippen molar-refractivity contribution in [2.45, 2.75) is 13.5 Å². The van der Waals surface area contributed by atoms with E-state index in [2.05, 4.69) is 10.1 Å². The van der Waals surface area contributed by atoms with Crippen LogP contribution in [0.1, 0.15) is 21.5 Å². The highest BCUT2D eigenvalue weighted by Gasteiger charge is 2.13. The average Bonchev–Trinajstić information content (AvgIpc) is 2.48. The first kappa shape index (κ1) is 15.3. The normalized spacial score (nSPS) is 10.3. The van der Waals surface area contributed by atoms with Crippen LogP contribution in [0, 0.1) is 12.7 Å². The number of rotatable bonds is 4. The minimum atomic E-state index is -0.584. The third kappa shape index (κ3) is 3.73. The lowest BCUT2D eigenvalue weighted by molar-refractivity contribution is 0.0601. The molecular weight excluding hydrogens is 293 g/mol. The molecule has 0 heterocycles. The maximum atomic E-state index is 13.3. The molecule has 2 rings (SSSR count). The zero-order valence-corrected chi connectivity index (χ0v) is 12.5. The zero-order chi connectivity index (χ0) is 15.4. The van der Waals surface area contributed by atoms with Crippen LogP contribution in [-0.4, -0.2) is 13.1 Å². The Hall–Kier alpha value is -2.07. The molecule has 0 aliphatic heterocycles. The van der Waals surface area contributed by atoms with Gasteiger partial charge in [-0.15, -0.1) is 0 Å². The monoisotopic (exact) mass is 307 g/mol. The van der Waals surface area contributed by atoms with E-state index in [4.69, 9.17) is 11.6 Å². The zero-order valence-electron chi connectivity index (χ0n) is 11.7. The number of ether oxygens (including phenoxy) is 1. The van der Waals surface area contributed by atoms with E-state index < -0.39 is 11.8 Å². The van der Waals surface area contributed by atoms with Crippen molar-refractivity contribution in [1.29, 1.82) is 0 Å². The second-order valence-corrected chi connectivity index (χ2v) is 5.03. The van der Waals surface area contributed by atoms with E-state index in [0.29, 0.717) is 17.3 Å². The summed E-state index contributed by atoms with van der Waals surface area (Å²) in [7, 11) is 1.26. The number of halogens is 2. The van der Waals surface area contributed by atoms with Crippen LogP contribution < -0.4 is 5.32 Å². The van der Waals surface area contributed by atoms with Crippen molar-refractivity contribution in [3.8, 4) is 0 Å². The highest BCUT2D eigenvalue weighted by molar-refractivity contribution is 6.31. The van der Waals surface area contributed by atoms with Crippen LogP contribution in [0.4, 0.5) is 10.1 Å². The highest BCUT2D eigenvalue weighted by Crippen LogP contribution is 2.21. The van der Waals surface area contributed by atoms with Gasteiger partial charge in [0, 0.05) is 17.3 Å². The molecule has 2 aromatic rings. The molecule has 3 nitrogen and oxygen atoms in total. The van der Waals surface area contributed by atoms with Crippen molar-refractivity contribution in [1.82, 2.24) is 0 Å². The van der Waals surface area contributed by atoms with E-state index in [-0.39, 0.29) is 5.56 Å². The Labute approximate surface area is 127 Å². The van der Waals surface area contributed by atoms with E-state index >= 15 is 0 Å². The molecule has 0 radical (unpaired) electrons. The maximum Gasteiger partial charge on any atom is 0.340 e. The molecule has 0 saturated heterocycles. The summed E-state index contributed by atoms with van der Waals surface area (Å²) in [6.07, 6.45) is 0. The molecular formula is C16H15ClFNO2. The molecule has 5 heteroatoms. The largest absolute Gasteiger partial charge is 0.465 e. The number of hydrogen-bond donors (Lipinski definition) is 1. The quantitative estimate of drug-likeness (QED) is 0.861. The molecule has 2 aromatic carbocycles. The molecule has 0 aliphatic carbocycles. The predicted molar refractivity (Wildman–Crippen MR) is 81.3 cm³/mol. The van der Waals surface area contributed by atoms with Gasteiger partial charge in [-0.05, 0) is 42.3 Å². The molecule has 0 aliphatic rings. The lowest BCUT2D eigenvalue weighted by Crippen LogP contribution is -2.09. The Morgan fingerprint density at radius 2 is 2.05 bits per heavy atom. The van der Waals surface area contributed by atoms with Gasteiger partial charge in [-0.1, -0.05) is 23.7 Å². The standard InChI is InChI=1S/C16H15ClFNO2/c1-10-3-4-11(7-14(10)17)9-19-15-6-5-12(18)8-13(15)16(20)21-2/h3-8,19H,9H2,1-2H3. The molecule has 110 valence electrons.